The van der Waals surface area contributed by atoms with E-state index < -0.39 is 27.7 Å². The van der Waals surface area contributed by atoms with E-state index in [1.807, 2.05) is 0 Å². The van der Waals surface area contributed by atoms with Gasteiger partial charge in [0, 0.05) is 6.26 Å². The first kappa shape index (κ1) is 24.3. The molecule has 11 heteroatoms. The molecule has 9 nitrogen and oxygen atoms in total. The Balaban J connectivity index is 1.98. The largest absolute Gasteiger partial charge is 0.465 e. The van der Waals surface area contributed by atoms with Gasteiger partial charge in [-0.1, -0.05) is 23.5 Å². The fourth-order valence-corrected chi connectivity index (χ4v) is 4.78. The number of nitrogens with zero attached hydrogens (tertiary/aromatic N) is 2. The Labute approximate surface area is 194 Å². The summed E-state index contributed by atoms with van der Waals surface area (Å²) < 4.78 is 35.2. The van der Waals surface area contributed by atoms with Crippen LogP contribution >= 0.6 is 11.3 Å². The number of ether oxygens (including phenoxy) is 2. The van der Waals surface area contributed by atoms with Crippen LogP contribution < -0.4 is 4.80 Å². The second kappa shape index (κ2) is 10.1. The number of esters is 2. The predicted molar refractivity (Wildman–Crippen MR) is 122 cm³/mol. The Bertz CT molecular complexity index is 1380. The molecule has 0 saturated carbocycles. The van der Waals surface area contributed by atoms with Crippen molar-refractivity contribution in [1.29, 1.82) is 0 Å². The van der Waals surface area contributed by atoms with Crippen LogP contribution in [0.3, 0.4) is 0 Å². The molecule has 3 aromatic rings. The summed E-state index contributed by atoms with van der Waals surface area (Å²) in [5.74, 6) is -1.46. The van der Waals surface area contributed by atoms with E-state index in [1.165, 1.54) is 19.2 Å². The number of aromatic nitrogens is 1. The van der Waals surface area contributed by atoms with Crippen molar-refractivity contribution in [3.63, 3.8) is 0 Å². The van der Waals surface area contributed by atoms with Gasteiger partial charge in [0.25, 0.3) is 5.91 Å². The molecule has 0 aliphatic carbocycles. The highest BCUT2D eigenvalue weighted by Crippen LogP contribution is 2.20. The number of rotatable bonds is 7. The monoisotopic (exact) mass is 490 g/mol. The van der Waals surface area contributed by atoms with Gasteiger partial charge in [0.05, 0.1) is 40.8 Å². The molecule has 0 N–H and O–H groups in total. The standard InChI is InChI=1S/C22H22N2O7S2/c1-4-31-20(26)13-24-17-10-7-15(21(27)30-2)12-18(17)32-22(24)23-19(25)11-14-5-8-16(9-6-14)33(3,28)29/h5-10,12H,4,11,13H2,1-3H3. The molecule has 174 valence electrons. The lowest BCUT2D eigenvalue weighted by Crippen LogP contribution is -2.23. The smallest absolute Gasteiger partial charge is 0.337 e. The maximum atomic E-state index is 12.6. The predicted octanol–water partition coefficient (Wildman–Crippen LogP) is 2.13. The molecule has 0 saturated heterocycles. The Hall–Kier alpha value is -3.31. The van der Waals surface area contributed by atoms with Gasteiger partial charge < -0.3 is 14.0 Å². The first-order chi connectivity index (χ1) is 15.6. The Morgan fingerprint density at radius 2 is 1.79 bits per heavy atom. The summed E-state index contributed by atoms with van der Waals surface area (Å²) in [6.45, 7) is 1.75. The van der Waals surface area contributed by atoms with E-state index in [1.54, 1.807) is 41.8 Å². The van der Waals surface area contributed by atoms with Crippen molar-refractivity contribution in [1.82, 2.24) is 4.57 Å². The van der Waals surface area contributed by atoms with Crippen LogP contribution in [0.4, 0.5) is 0 Å². The molecule has 0 aliphatic rings. The van der Waals surface area contributed by atoms with Crippen LogP contribution in [-0.4, -0.2) is 50.8 Å². The van der Waals surface area contributed by atoms with E-state index in [0.717, 1.165) is 17.6 Å². The molecular weight excluding hydrogens is 468 g/mol. The van der Waals surface area contributed by atoms with Crippen molar-refractivity contribution in [2.75, 3.05) is 20.0 Å². The molecule has 0 unspecified atom stereocenters. The lowest BCUT2D eigenvalue weighted by Gasteiger charge is -2.06. The topological polar surface area (TPSA) is 121 Å². The molecular formula is C22H22N2O7S2. The maximum Gasteiger partial charge on any atom is 0.337 e. The lowest BCUT2D eigenvalue weighted by molar-refractivity contribution is -0.143. The van der Waals surface area contributed by atoms with E-state index >= 15 is 0 Å². The zero-order valence-corrected chi connectivity index (χ0v) is 19.9. The number of hydrogen-bond acceptors (Lipinski definition) is 8. The average molecular weight is 491 g/mol. The summed E-state index contributed by atoms with van der Waals surface area (Å²) in [5, 5.41) is 0. The van der Waals surface area contributed by atoms with Gasteiger partial charge in [-0.05, 0) is 42.8 Å². The molecule has 3 rings (SSSR count). The van der Waals surface area contributed by atoms with Crippen molar-refractivity contribution in [2.24, 2.45) is 4.99 Å². The summed E-state index contributed by atoms with van der Waals surface area (Å²) in [7, 11) is -2.05. The molecule has 0 spiro atoms. The van der Waals surface area contributed by atoms with Crippen LogP contribution in [0.25, 0.3) is 10.2 Å². The summed E-state index contributed by atoms with van der Waals surface area (Å²) in [6, 6.07) is 10.8. The Morgan fingerprint density at radius 3 is 2.39 bits per heavy atom. The molecule has 0 radical (unpaired) electrons. The molecule has 2 aromatic carbocycles. The van der Waals surface area contributed by atoms with Crippen LogP contribution in [0.1, 0.15) is 22.8 Å². The number of methoxy groups -OCH3 is 1. The van der Waals surface area contributed by atoms with E-state index in [2.05, 4.69) is 4.99 Å². The molecule has 0 fully saturated rings. The zero-order valence-electron chi connectivity index (χ0n) is 18.2. The first-order valence-electron chi connectivity index (χ1n) is 9.86. The molecule has 0 bridgehead atoms. The summed E-state index contributed by atoms with van der Waals surface area (Å²) in [4.78, 5) is 41.2. The minimum absolute atomic E-state index is 0.0505. The molecule has 0 aliphatic heterocycles. The minimum Gasteiger partial charge on any atom is -0.465 e. The Morgan fingerprint density at radius 1 is 1.09 bits per heavy atom. The van der Waals surface area contributed by atoms with Gasteiger partial charge in [0.2, 0.25) is 0 Å². The molecule has 0 atom stereocenters. The van der Waals surface area contributed by atoms with Gasteiger partial charge in [0.1, 0.15) is 6.54 Å². The lowest BCUT2D eigenvalue weighted by atomic mass is 10.1. The SMILES string of the molecule is CCOC(=O)Cn1c(=NC(=O)Cc2ccc(S(C)(=O)=O)cc2)sc2cc(C(=O)OC)ccc21. The number of amides is 1. The third-order valence-electron chi connectivity index (χ3n) is 4.62. The third-order valence-corrected chi connectivity index (χ3v) is 6.79. The third kappa shape index (κ3) is 5.93. The zero-order chi connectivity index (χ0) is 24.2. The van der Waals surface area contributed by atoms with Crippen molar-refractivity contribution in [2.45, 2.75) is 24.8 Å². The number of thiazole rings is 1. The van der Waals surface area contributed by atoms with E-state index in [9.17, 15) is 22.8 Å². The van der Waals surface area contributed by atoms with Crippen LogP contribution in [0, 0.1) is 0 Å². The number of sulfone groups is 1. The van der Waals surface area contributed by atoms with Crippen molar-refractivity contribution >= 4 is 49.2 Å². The highest BCUT2D eigenvalue weighted by molar-refractivity contribution is 7.90. The summed E-state index contributed by atoms with van der Waals surface area (Å²) >= 11 is 1.15. The van der Waals surface area contributed by atoms with Crippen LogP contribution in [-0.2, 0) is 41.9 Å². The van der Waals surface area contributed by atoms with E-state index in [0.29, 0.717) is 21.3 Å². The number of hydrogen-bond donors (Lipinski definition) is 0. The minimum atomic E-state index is -3.33. The second-order valence-corrected chi connectivity index (χ2v) is 10.1. The number of carbonyl (C=O) groups is 3. The fourth-order valence-electron chi connectivity index (χ4n) is 3.07. The van der Waals surface area contributed by atoms with Crippen LogP contribution in [0.2, 0.25) is 0 Å². The van der Waals surface area contributed by atoms with Crippen molar-refractivity contribution < 1.29 is 32.3 Å². The van der Waals surface area contributed by atoms with Gasteiger partial charge in [-0.25, -0.2) is 13.2 Å². The fraction of sp³-hybridized carbons (Fsp3) is 0.273. The van der Waals surface area contributed by atoms with Gasteiger partial charge in [0.15, 0.2) is 14.6 Å². The van der Waals surface area contributed by atoms with E-state index in [4.69, 9.17) is 9.47 Å². The first-order valence-corrected chi connectivity index (χ1v) is 12.6. The van der Waals surface area contributed by atoms with Gasteiger partial charge in [-0.2, -0.15) is 4.99 Å². The molecule has 1 amide bonds. The van der Waals surface area contributed by atoms with Crippen molar-refractivity contribution in [3.8, 4) is 0 Å². The maximum absolute atomic E-state index is 12.6. The van der Waals surface area contributed by atoms with Gasteiger partial charge in [-0.3, -0.25) is 9.59 Å². The normalized spacial score (nSPS) is 12.0. The summed E-state index contributed by atoms with van der Waals surface area (Å²) in [5.41, 5.74) is 1.55. The van der Waals surface area contributed by atoms with Gasteiger partial charge in [-0.15, -0.1) is 0 Å². The molecule has 1 aromatic heterocycles. The van der Waals surface area contributed by atoms with Crippen LogP contribution in [0.5, 0.6) is 0 Å². The number of benzene rings is 2. The number of fused-ring (bicyclic) bond motifs is 1. The van der Waals surface area contributed by atoms with E-state index in [-0.39, 0.29) is 29.3 Å². The average Bonchev–Trinajstić information content (AvgIpc) is 3.08. The highest BCUT2D eigenvalue weighted by Gasteiger charge is 2.15. The molecule has 1 heterocycles. The quantitative estimate of drug-likeness (QED) is 0.465. The number of carbonyl (C=O) groups excluding carboxylic acids is 3. The summed E-state index contributed by atoms with van der Waals surface area (Å²) in [6.07, 6.45) is 1.06. The second-order valence-electron chi connectivity index (χ2n) is 7.05. The highest BCUT2D eigenvalue weighted by atomic mass is 32.2. The molecule has 33 heavy (non-hydrogen) atoms. The van der Waals surface area contributed by atoms with Crippen LogP contribution in [0.15, 0.2) is 52.4 Å². The van der Waals surface area contributed by atoms with Crippen molar-refractivity contribution in [3.05, 3.63) is 58.4 Å². The van der Waals surface area contributed by atoms with Gasteiger partial charge >= 0.3 is 11.9 Å². The Kier molecular flexibility index (Phi) is 7.44.